The molecule has 4 rings (SSSR count). The predicted molar refractivity (Wildman–Crippen MR) is 197 cm³/mol. The van der Waals surface area contributed by atoms with Crippen molar-refractivity contribution in [1.82, 2.24) is 0 Å². The van der Waals surface area contributed by atoms with Crippen molar-refractivity contribution in [2.45, 2.75) is 92.8 Å². The van der Waals surface area contributed by atoms with Gasteiger partial charge in [0.15, 0.2) is 5.71 Å². The first-order valence-electron chi connectivity index (χ1n) is 17.4. The Kier molecular flexibility index (Phi) is 22.8. The normalized spacial score (nSPS) is 18.4. The van der Waals surface area contributed by atoms with E-state index >= 15 is 0 Å². The zero-order chi connectivity index (χ0) is 41.2. The Bertz CT molecular complexity index is 2380. The number of aliphatic carboxylic acids is 1. The Morgan fingerprint density at radius 1 is 0.741 bits per heavy atom. The fourth-order valence-electron chi connectivity index (χ4n) is 7.35. The van der Waals surface area contributed by atoms with Crippen LogP contribution in [0.5, 0.6) is 0 Å². The van der Waals surface area contributed by atoms with Gasteiger partial charge in [-0.1, -0.05) is 12.5 Å². The summed E-state index contributed by atoms with van der Waals surface area (Å²) in [4.78, 5) is 11.8. The molecule has 2 aromatic rings. The van der Waals surface area contributed by atoms with E-state index in [0.29, 0.717) is 59.7 Å². The van der Waals surface area contributed by atoms with Gasteiger partial charge in [-0.2, -0.15) is 4.58 Å². The van der Waals surface area contributed by atoms with Crippen LogP contribution in [-0.2, 0) is 56.1 Å². The smallest absolute Gasteiger partial charge is 0.748 e. The fraction of sp³-hybridized carbons (Fsp3) is 0.486. The molecular formula is C35H43K3N2O14S4. The molecule has 0 amide bonds. The monoisotopic (exact) mass is 960 g/mol. The van der Waals surface area contributed by atoms with Gasteiger partial charge in [0, 0.05) is 65.4 Å². The predicted octanol–water partition coefficient (Wildman–Crippen LogP) is -5.60. The summed E-state index contributed by atoms with van der Waals surface area (Å²) in [6.07, 6.45) is 6.88. The summed E-state index contributed by atoms with van der Waals surface area (Å²) in [5.74, 6) is -2.28. The number of rotatable bonds is 19. The van der Waals surface area contributed by atoms with Gasteiger partial charge in [-0.05, 0) is 94.8 Å². The number of carbonyl (C=O) groups is 1. The molecule has 0 bridgehead atoms. The maximum Gasteiger partial charge on any atom is 1.00 e. The average molecular weight is 961 g/mol. The number of benzene rings is 2. The van der Waals surface area contributed by atoms with Crippen molar-refractivity contribution in [3.8, 4) is 0 Å². The summed E-state index contributed by atoms with van der Waals surface area (Å²) in [5, 5.41) is 9.06. The number of carboxylic acid groups (broad SMARTS) is 1. The van der Waals surface area contributed by atoms with E-state index < -0.39 is 78.6 Å². The molecule has 0 radical (unpaired) electrons. The van der Waals surface area contributed by atoms with Crippen LogP contribution in [-0.4, -0.2) is 97.8 Å². The Morgan fingerprint density at radius 2 is 1.29 bits per heavy atom. The summed E-state index contributed by atoms with van der Waals surface area (Å²) in [6.45, 7) is 5.79. The van der Waals surface area contributed by atoms with Gasteiger partial charge in [0.05, 0.1) is 35.4 Å². The van der Waals surface area contributed by atoms with Crippen molar-refractivity contribution in [3.63, 3.8) is 0 Å². The Morgan fingerprint density at radius 3 is 1.84 bits per heavy atom. The van der Waals surface area contributed by atoms with Crippen molar-refractivity contribution in [3.05, 3.63) is 71.5 Å². The largest absolute Gasteiger partial charge is 1.00 e. The van der Waals surface area contributed by atoms with Crippen molar-refractivity contribution < 1.29 is 221 Å². The number of hydrogen-bond donors (Lipinski definition) is 1. The number of allylic oxidation sites excluding steroid dienone is 4. The van der Waals surface area contributed by atoms with E-state index in [2.05, 4.69) is 0 Å². The molecular weight excluding hydrogens is 918 g/mol. The van der Waals surface area contributed by atoms with Crippen molar-refractivity contribution in [2.24, 2.45) is 0 Å². The van der Waals surface area contributed by atoms with E-state index in [-0.39, 0.29) is 193 Å². The second-order valence-corrected chi connectivity index (χ2v) is 20.2. The van der Waals surface area contributed by atoms with Crippen LogP contribution in [0.1, 0.15) is 83.3 Å². The van der Waals surface area contributed by atoms with Crippen LogP contribution in [0.4, 0.5) is 11.4 Å². The summed E-state index contributed by atoms with van der Waals surface area (Å²) >= 11 is 0. The first-order valence-corrected chi connectivity index (χ1v) is 23.3. The first-order chi connectivity index (χ1) is 25.3. The number of nitrogens with zero attached hydrogens (tertiary/aromatic N) is 2. The summed E-state index contributed by atoms with van der Waals surface area (Å²) in [6, 6.07) is 7.81. The molecule has 1 N–H and O–H groups in total. The molecule has 16 nitrogen and oxygen atoms in total. The third-order valence-electron chi connectivity index (χ3n) is 10.0. The van der Waals surface area contributed by atoms with Crippen LogP contribution in [0.2, 0.25) is 0 Å². The topological polar surface area (TPSA) is 272 Å². The SMILES string of the molecule is CC1(C)C(/C=C/C=C2/N(CCCS(=O)(=O)[O-])c3ccc(S(=O)(=O)[O-])cc3C2(C)CCCCS(=O)(=O)[O-])=[N+](CCCCCC(=O)O)c2ccc(S(=O)(=O)[O-])cc21.[K+].[K+].[K+]. The van der Waals surface area contributed by atoms with Crippen LogP contribution < -0.4 is 159 Å². The van der Waals surface area contributed by atoms with Gasteiger partial charge in [-0.15, -0.1) is 0 Å². The van der Waals surface area contributed by atoms with E-state index in [0.717, 1.165) is 6.07 Å². The molecule has 1 atom stereocenters. The van der Waals surface area contributed by atoms with Gasteiger partial charge in [-0.3, -0.25) is 4.79 Å². The molecule has 0 saturated carbocycles. The van der Waals surface area contributed by atoms with E-state index in [1.54, 1.807) is 36.1 Å². The van der Waals surface area contributed by atoms with Crippen LogP contribution >= 0.6 is 0 Å². The maximum absolute atomic E-state index is 12.1. The van der Waals surface area contributed by atoms with Gasteiger partial charge < -0.3 is 28.2 Å². The minimum atomic E-state index is -4.93. The molecule has 0 aliphatic carbocycles. The minimum Gasteiger partial charge on any atom is -0.748 e. The van der Waals surface area contributed by atoms with Crippen LogP contribution in [0.25, 0.3) is 0 Å². The van der Waals surface area contributed by atoms with Crippen LogP contribution in [0, 0.1) is 0 Å². The Balaban J connectivity index is 0.00000561. The molecule has 0 aromatic heterocycles. The zero-order valence-electron chi connectivity index (χ0n) is 33.5. The van der Waals surface area contributed by atoms with Crippen molar-refractivity contribution in [1.29, 1.82) is 0 Å². The van der Waals surface area contributed by atoms with Gasteiger partial charge in [0.2, 0.25) is 5.69 Å². The molecule has 23 heteroatoms. The second-order valence-electron chi connectivity index (χ2n) is 14.4. The quantitative estimate of drug-likeness (QED) is 0.0595. The Hall–Kier alpha value is 1.41. The standard InChI is InChI=1S/C35H46N2O14S4.3K/c1-34(2)27-23-25(54(46,47)48)14-16-29(27)36(19-7-4-5-13-33(38)39)31(34)11-9-12-32-35(3,18-6-8-21-52(40,41)42)28-24-26(55(49,50)51)15-17-30(28)37(32)20-10-22-53(43,44)45;;;/h9,11-12,14-17,23-24H,4-8,10,13,18-22H2,1-3H3,(H4-,38,39,40,41,42,43,44,45,46,47,48,49,50,51);;;/q;3*+1/p-3. The van der Waals surface area contributed by atoms with Crippen molar-refractivity contribution >= 4 is 63.5 Å². The summed E-state index contributed by atoms with van der Waals surface area (Å²) in [5.41, 5.74) is 1.17. The molecule has 2 aromatic carbocycles. The van der Waals surface area contributed by atoms with E-state index in [4.69, 9.17) is 5.11 Å². The van der Waals surface area contributed by atoms with E-state index in [1.165, 1.54) is 24.3 Å². The number of fused-ring (bicyclic) bond motifs is 2. The Labute approximate surface area is 469 Å². The number of hydrogen-bond acceptors (Lipinski definition) is 14. The van der Waals surface area contributed by atoms with Gasteiger partial charge in [0.1, 0.15) is 26.8 Å². The number of anilines is 1. The average Bonchev–Trinajstić information content (AvgIpc) is 3.40. The second kappa shape index (κ2) is 23.0. The summed E-state index contributed by atoms with van der Waals surface area (Å²) < 4.78 is 143. The zero-order valence-corrected chi connectivity index (χ0v) is 46.1. The third-order valence-corrected chi connectivity index (χ3v) is 13.3. The summed E-state index contributed by atoms with van der Waals surface area (Å²) in [7, 11) is -18.9. The van der Waals surface area contributed by atoms with Gasteiger partial charge in [0.25, 0.3) is 0 Å². The molecule has 2 heterocycles. The van der Waals surface area contributed by atoms with Crippen LogP contribution in [0.15, 0.2) is 70.1 Å². The maximum atomic E-state index is 12.1. The van der Waals surface area contributed by atoms with Crippen molar-refractivity contribution in [2.75, 3.05) is 29.5 Å². The molecule has 0 saturated heterocycles. The minimum absolute atomic E-state index is 0. The number of unbranched alkanes of at least 4 members (excludes halogenated alkanes) is 3. The first kappa shape index (κ1) is 57.4. The van der Waals surface area contributed by atoms with Gasteiger partial charge >= 0.3 is 160 Å². The molecule has 2 aliphatic rings. The fourth-order valence-corrected chi connectivity index (χ4v) is 9.39. The van der Waals surface area contributed by atoms with E-state index in [9.17, 15) is 56.7 Å². The number of carboxylic acids is 1. The molecule has 1 unspecified atom stereocenters. The van der Waals surface area contributed by atoms with E-state index in [1.807, 2.05) is 18.4 Å². The van der Waals surface area contributed by atoms with Gasteiger partial charge in [-0.25, -0.2) is 33.7 Å². The molecule has 0 fully saturated rings. The molecule has 304 valence electrons. The van der Waals surface area contributed by atoms with Crippen LogP contribution in [0.3, 0.4) is 0 Å². The molecule has 2 aliphatic heterocycles. The molecule has 0 spiro atoms. The molecule has 58 heavy (non-hydrogen) atoms. The third kappa shape index (κ3) is 15.3.